The van der Waals surface area contributed by atoms with Gasteiger partial charge in [-0.3, -0.25) is 20.1 Å². The number of nitrogens with two attached hydrogens (primary N) is 1. The maximum atomic E-state index is 10.5. The van der Waals surface area contributed by atoms with Crippen LogP contribution in [0, 0.1) is 29.4 Å². The molecule has 5 N–H and O–H groups in total. The lowest BCUT2D eigenvalue weighted by molar-refractivity contribution is -0.385. The van der Waals surface area contributed by atoms with Gasteiger partial charge in [0, 0.05) is 18.5 Å². The first-order valence-electron chi connectivity index (χ1n) is 7.72. The summed E-state index contributed by atoms with van der Waals surface area (Å²) in [4.78, 5) is 13.9. The molecule has 11 heteroatoms. The second-order valence-electron chi connectivity index (χ2n) is 5.60. The summed E-state index contributed by atoms with van der Waals surface area (Å²) in [6.45, 7) is 3.98. The van der Waals surface area contributed by atoms with Gasteiger partial charge in [-0.1, -0.05) is 17.7 Å². The van der Waals surface area contributed by atoms with Crippen LogP contribution in [0.15, 0.2) is 41.4 Å². The summed E-state index contributed by atoms with van der Waals surface area (Å²) < 4.78 is 29.6. The Morgan fingerprint density at radius 1 is 1.33 bits per heavy atom. The Balaban J connectivity index is 0.000000289. The molecule has 0 atom stereocenters. The van der Waals surface area contributed by atoms with Gasteiger partial charge in [0.2, 0.25) is 0 Å². The van der Waals surface area contributed by atoms with Gasteiger partial charge >= 0.3 is 0 Å². The number of anilines is 1. The number of nitrogens with one attached hydrogen (secondary N) is 2. The molecule has 146 valence electrons. The molecule has 0 amide bonds. The van der Waals surface area contributed by atoms with Crippen LogP contribution in [0.1, 0.15) is 17.5 Å². The highest BCUT2D eigenvalue weighted by Gasteiger charge is 2.11. The van der Waals surface area contributed by atoms with Gasteiger partial charge in [0.15, 0.2) is 0 Å². The maximum Gasteiger partial charge on any atom is 0.294 e. The van der Waals surface area contributed by atoms with Crippen molar-refractivity contribution in [1.82, 2.24) is 4.98 Å². The Morgan fingerprint density at radius 2 is 1.93 bits per heavy atom. The lowest BCUT2D eigenvalue weighted by atomic mass is 10.2. The largest absolute Gasteiger partial charge is 0.388 e. The number of hydrogen-bond donors (Lipinski definition) is 4. The number of amidine groups is 1. The molecule has 2 rings (SSSR count). The molecule has 1 aromatic carbocycles. The Bertz CT molecular complexity index is 913. The summed E-state index contributed by atoms with van der Waals surface area (Å²) in [5.74, 6) is 0.635. The van der Waals surface area contributed by atoms with Crippen LogP contribution in [0.3, 0.4) is 0 Å². The predicted molar refractivity (Wildman–Crippen MR) is 102 cm³/mol. The smallest absolute Gasteiger partial charge is 0.294 e. The Kier molecular flexibility index (Phi) is 7.81. The molecular weight excluding hydrogens is 374 g/mol. The van der Waals surface area contributed by atoms with Crippen LogP contribution in [0.4, 0.5) is 11.5 Å². The van der Waals surface area contributed by atoms with Crippen molar-refractivity contribution in [2.45, 2.75) is 25.2 Å². The Morgan fingerprint density at radius 3 is 2.37 bits per heavy atom. The summed E-state index contributed by atoms with van der Waals surface area (Å²) in [6.07, 6.45) is 1.63. The standard InChI is InChI=1S/C9H13N5O2.C7H8O3S/c1-6-4-9(12-3-2-8(10)11)13-5-7(6)14(15)16;1-6-2-4-7(5-3-6)11(8,9)10/h4-5H,2-3H2,1H3,(H3,10,11)(H,12,13);2-5H,1H3,(H,8,9,10). The van der Waals surface area contributed by atoms with Crippen molar-refractivity contribution in [3.05, 3.63) is 57.8 Å². The number of pyridine rings is 1. The second kappa shape index (κ2) is 9.59. The minimum atomic E-state index is -4.02. The van der Waals surface area contributed by atoms with Crippen molar-refractivity contribution >= 4 is 27.5 Å². The van der Waals surface area contributed by atoms with E-state index in [4.69, 9.17) is 15.7 Å². The van der Waals surface area contributed by atoms with Crippen LogP contribution < -0.4 is 11.1 Å². The number of nitrogens with zero attached hydrogens (tertiary/aromatic N) is 2. The van der Waals surface area contributed by atoms with Crippen LogP contribution in [0.25, 0.3) is 0 Å². The lowest BCUT2D eigenvalue weighted by Gasteiger charge is -2.05. The van der Waals surface area contributed by atoms with Gasteiger partial charge in [0.25, 0.3) is 15.8 Å². The van der Waals surface area contributed by atoms with E-state index >= 15 is 0 Å². The summed E-state index contributed by atoms with van der Waals surface area (Å²) in [5, 5.41) is 20.5. The van der Waals surface area contributed by atoms with Crippen LogP contribution in [0.2, 0.25) is 0 Å². The van der Waals surface area contributed by atoms with Crippen LogP contribution in [-0.2, 0) is 10.1 Å². The van der Waals surface area contributed by atoms with Crippen LogP contribution >= 0.6 is 0 Å². The molecule has 0 unspecified atom stereocenters. The first-order valence-corrected chi connectivity index (χ1v) is 9.16. The van der Waals surface area contributed by atoms with Gasteiger partial charge < -0.3 is 11.1 Å². The third-order valence-electron chi connectivity index (χ3n) is 3.30. The molecule has 0 aliphatic carbocycles. The van der Waals surface area contributed by atoms with E-state index in [1.54, 1.807) is 25.1 Å². The topological polar surface area (TPSA) is 172 Å². The van der Waals surface area contributed by atoms with Crippen molar-refractivity contribution in [2.75, 3.05) is 11.9 Å². The van der Waals surface area contributed by atoms with E-state index < -0.39 is 15.0 Å². The van der Waals surface area contributed by atoms with Crippen LogP contribution in [0.5, 0.6) is 0 Å². The van der Waals surface area contributed by atoms with E-state index in [2.05, 4.69) is 10.3 Å². The van der Waals surface area contributed by atoms with Crippen molar-refractivity contribution in [3.8, 4) is 0 Å². The molecule has 1 aromatic heterocycles. The van der Waals surface area contributed by atoms with E-state index in [-0.39, 0.29) is 16.4 Å². The average Bonchev–Trinajstić information content (AvgIpc) is 2.54. The van der Waals surface area contributed by atoms with Crippen molar-refractivity contribution in [2.24, 2.45) is 5.73 Å². The van der Waals surface area contributed by atoms with Crippen molar-refractivity contribution < 1.29 is 17.9 Å². The Labute approximate surface area is 156 Å². The van der Waals surface area contributed by atoms with Crippen molar-refractivity contribution in [1.29, 1.82) is 5.41 Å². The van der Waals surface area contributed by atoms with Crippen molar-refractivity contribution in [3.63, 3.8) is 0 Å². The highest BCUT2D eigenvalue weighted by atomic mass is 32.2. The minimum absolute atomic E-state index is 0.00267. The molecule has 2 aromatic rings. The maximum absolute atomic E-state index is 10.5. The number of benzene rings is 1. The van der Waals surface area contributed by atoms with Gasteiger partial charge in [0.1, 0.15) is 12.0 Å². The SMILES string of the molecule is Cc1cc(NCCC(=N)N)ncc1[N+](=O)[O-].Cc1ccc(S(=O)(=O)O)cc1. The van der Waals surface area contributed by atoms with Gasteiger partial charge in [-0.25, -0.2) is 4.98 Å². The van der Waals surface area contributed by atoms with E-state index in [1.165, 1.54) is 18.3 Å². The molecule has 10 nitrogen and oxygen atoms in total. The quantitative estimate of drug-likeness (QED) is 0.189. The molecule has 0 radical (unpaired) electrons. The minimum Gasteiger partial charge on any atom is -0.388 e. The number of hydrogen-bond acceptors (Lipinski definition) is 7. The van der Waals surface area contributed by atoms with Gasteiger partial charge in [-0.15, -0.1) is 0 Å². The van der Waals surface area contributed by atoms with Crippen LogP contribution in [-0.4, -0.2) is 35.3 Å². The Hall–Kier alpha value is -3.05. The normalized spacial score (nSPS) is 10.5. The average molecular weight is 395 g/mol. The summed E-state index contributed by atoms with van der Waals surface area (Å²) >= 11 is 0. The number of nitro groups is 1. The number of aryl methyl sites for hydroxylation is 2. The third kappa shape index (κ3) is 7.79. The first kappa shape index (κ1) is 22.0. The fourth-order valence-electron chi connectivity index (χ4n) is 1.87. The summed E-state index contributed by atoms with van der Waals surface area (Å²) in [5.41, 5.74) is 6.68. The molecule has 0 bridgehead atoms. The second-order valence-corrected chi connectivity index (χ2v) is 7.02. The fraction of sp³-hybridized carbons (Fsp3) is 0.250. The van der Waals surface area contributed by atoms with Gasteiger partial charge in [-0.05, 0) is 32.0 Å². The number of rotatable bonds is 6. The van der Waals surface area contributed by atoms with Gasteiger partial charge in [-0.2, -0.15) is 8.42 Å². The van der Waals surface area contributed by atoms with Gasteiger partial charge in [0.05, 0.1) is 15.7 Å². The monoisotopic (exact) mass is 395 g/mol. The number of aromatic nitrogens is 1. The highest BCUT2D eigenvalue weighted by molar-refractivity contribution is 7.85. The lowest BCUT2D eigenvalue weighted by Crippen LogP contribution is -2.15. The summed E-state index contributed by atoms with van der Waals surface area (Å²) in [6, 6.07) is 7.58. The van der Waals surface area contributed by atoms with E-state index in [0.717, 1.165) is 5.56 Å². The zero-order valence-corrected chi connectivity index (χ0v) is 15.7. The molecule has 0 saturated heterocycles. The molecule has 0 saturated carbocycles. The third-order valence-corrected chi connectivity index (χ3v) is 4.17. The molecular formula is C16H21N5O5S. The fourth-order valence-corrected chi connectivity index (χ4v) is 2.35. The van der Waals surface area contributed by atoms with E-state index in [0.29, 0.717) is 24.3 Å². The zero-order chi connectivity index (χ0) is 20.6. The molecule has 1 heterocycles. The highest BCUT2D eigenvalue weighted by Crippen LogP contribution is 2.18. The molecule has 27 heavy (non-hydrogen) atoms. The molecule has 0 fully saturated rings. The first-order chi connectivity index (χ1) is 12.5. The van der Waals surface area contributed by atoms with E-state index in [9.17, 15) is 18.5 Å². The zero-order valence-electron chi connectivity index (χ0n) is 14.8. The van der Waals surface area contributed by atoms with E-state index in [1.807, 2.05) is 6.92 Å². The summed E-state index contributed by atoms with van der Waals surface area (Å²) in [7, 11) is -4.02. The molecule has 0 spiro atoms. The molecule has 0 aliphatic heterocycles. The molecule has 0 aliphatic rings. The predicted octanol–water partition coefficient (Wildman–Crippen LogP) is 2.28.